The summed E-state index contributed by atoms with van der Waals surface area (Å²) in [6, 6.07) is 7.52. The fourth-order valence-corrected chi connectivity index (χ4v) is 10.9. The van der Waals surface area contributed by atoms with Gasteiger partial charge in [-0.05, 0) is 113 Å². The van der Waals surface area contributed by atoms with Crippen LogP contribution in [-0.2, 0) is 14.4 Å². The zero-order valence-corrected chi connectivity index (χ0v) is 37.5. The van der Waals surface area contributed by atoms with E-state index in [0.717, 1.165) is 58.2 Å². The number of nitrogens with zero attached hydrogens (tertiary/aromatic N) is 6. The average Bonchev–Trinajstić information content (AvgIpc) is 3.25. The normalized spacial score (nSPS) is 23.2. The first-order chi connectivity index (χ1) is 30.7. The van der Waals surface area contributed by atoms with Crippen molar-refractivity contribution in [2.45, 2.75) is 109 Å². The van der Waals surface area contributed by atoms with E-state index < -0.39 is 34.9 Å². The van der Waals surface area contributed by atoms with E-state index in [0.29, 0.717) is 72.0 Å². The van der Waals surface area contributed by atoms with Crippen molar-refractivity contribution in [3.8, 4) is 5.75 Å². The van der Waals surface area contributed by atoms with Crippen LogP contribution in [0.2, 0.25) is 0 Å². The van der Waals surface area contributed by atoms with Gasteiger partial charge >= 0.3 is 0 Å². The van der Waals surface area contributed by atoms with Gasteiger partial charge in [0.25, 0.3) is 5.91 Å². The lowest BCUT2D eigenvalue weighted by Crippen LogP contribution is -2.62. The van der Waals surface area contributed by atoms with Gasteiger partial charge in [-0.15, -0.1) is 0 Å². The number of rotatable bonds is 13. The third kappa shape index (κ3) is 8.84. The van der Waals surface area contributed by atoms with E-state index in [-0.39, 0.29) is 54.3 Å². The largest absolute Gasteiger partial charge is 0.495 e. The Hall–Kier alpha value is -5.42. The Morgan fingerprint density at radius 1 is 1.06 bits per heavy atom. The van der Waals surface area contributed by atoms with Gasteiger partial charge < -0.3 is 40.1 Å². The molecule has 3 aromatic rings. The van der Waals surface area contributed by atoms with Crippen LogP contribution < -0.4 is 35.4 Å². The molecule has 8 rings (SSSR count). The molecule has 4 fully saturated rings. The topological polar surface area (TPSA) is 173 Å². The first kappa shape index (κ1) is 45.2. The van der Waals surface area contributed by atoms with Crippen molar-refractivity contribution in [3.63, 3.8) is 0 Å². The number of anilines is 5. The Labute approximate surface area is 373 Å². The molecule has 17 heteroatoms. The summed E-state index contributed by atoms with van der Waals surface area (Å²) in [6.45, 7) is 10.1. The number of aliphatic hydroxyl groups is 1. The van der Waals surface area contributed by atoms with Crippen LogP contribution in [0.1, 0.15) is 107 Å². The number of aromatic nitrogens is 2. The first-order valence-corrected chi connectivity index (χ1v) is 22.8. The maximum atomic E-state index is 15.4. The summed E-state index contributed by atoms with van der Waals surface area (Å²) in [7, 11) is 3.28. The van der Waals surface area contributed by atoms with E-state index in [9.17, 15) is 24.3 Å². The van der Waals surface area contributed by atoms with Crippen LogP contribution >= 0.6 is 0 Å². The van der Waals surface area contributed by atoms with Gasteiger partial charge in [0.1, 0.15) is 29.1 Å². The van der Waals surface area contributed by atoms with Crippen LogP contribution in [0.5, 0.6) is 5.75 Å². The molecule has 64 heavy (non-hydrogen) atoms. The fourth-order valence-electron chi connectivity index (χ4n) is 10.9. The lowest BCUT2D eigenvalue weighted by Gasteiger charge is -2.57. The van der Waals surface area contributed by atoms with Crippen molar-refractivity contribution in [1.82, 2.24) is 25.5 Å². The summed E-state index contributed by atoms with van der Waals surface area (Å²) >= 11 is 0. The number of ether oxygens (including phenoxy) is 1. The molecular weight excluding hydrogens is 825 g/mol. The highest BCUT2D eigenvalue weighted by atomic mass is 19.1. The molecule has 4 amide bonds. The predicted octanol–water partition coefficient (Wildman–Crippen LogP) is 5.64. The van der Waals surface area contributed by atoms with E-state index in [2.05, 4.69) is 25.8 Å². The van der Waals surface area contributed by atoms with Gasteiger partial charge in [0.05, 0.1) is 24.9 Å². The maximum Gasteiger partial charge on any atom is 0.251 e. The summed E-state index contributed by atoms with van der Waals surface area (Å²) in [4.78, 5) is 68.4. The molecule has 1 aromatic heterocycles. The third-order valence-electron chi connectivity index (χ3n) is 14.4. The molecule has 5 aliphatic rings. The summed E-state index contributed by atoms with van der Waals surface area (Å²) in [6.07, 6.45) is 8.11. The smallest absolute Gasteiger partial charge is 0.251 e. The molecular formula is C47H61F2N9O6. The molecule has 15 nitrogen and oxygen atoms in total. The van der Waals surface area contributed by atoms with E-state index in [1.54, 1.807) is 36.3 Å². The summed E-state index contributed by atoms with van der Waals surface area (Å²) in [5.41, 5.74) is 1.42. The van der Waals surface area contributed by atoms with Crippen LogP contribution in [0.25, 0.3) is 0 Å². The van der Waals surface area contributed by atoms with Gasteiger partial charge in [-0.25, -0.2) is 13.8 Å². The molecule has 0 radical (unpaired) electrons. The number of carbonyl (C=O) groups is 4. The highest BCUT2D eigenvalue weighted by Gasteiger charge is 2.50. The third-order valence-corrected chi connectivity index (χ3v) is 14.4. The van der Waals surface area contributed by atoms with Gasteiger partial charge in [0, 0.05) is 81.2 Å². The summed E-state index contributed by atoms with van der Waals surface area (Å²) < 4.78 is 36.5. The molecule has 5 heterocycles. The second-order valence-corrected chi connectivity index (χ2v) is 18.9. The number of nitrogens with one attached hydrogen (secondary N) is 3. The number of benzene rings is 2. The number of aliphatic hydroxyl groups excluding tert-OH is 1. The molecule has 0 bridgehead atoms. The monoisotopic (exact) mass is 885 g/mol. The molecule has 4 aliphatic heterocycles. The number of amides is 4. The predicted molar refractivity (Wildman–Crippen MR) is 239 cm³/mol. The molecule has 4 N–H and O–H groups in total. The standard InChI is InChI=1S/C47H61F2N9O6/c1-6-36-44(63)55(4)37-23-50-45(53-41(37)58(36)28(2)3)51-35-11-9-30(20-38(35)64-5)42(61)54-47(17-19-59)15-13-46(14-16-47)26-56(27-46)24-29-8-7-18-57(25-29)31-21-33(48)40(34(49)22-31)32-10-12-39(60)52-43(32)62/h9,11,20-23,28-29,32,36,59H,6-8,10,12-19,24-27H2,1-5H3,(H,54,61)(H,50,51,53)(H,52,60,62)/t29-,32?,36-/m1/s1. The van der Waals surface area contributed by atoms with Gasteiger partial charge in [-0.2, -0.15) is 4.98 Å². The SMILES string of the molecule is CC[C@@H]1C(=O)N(C)c2cnc(Nc3ccc(C(=O)NC4(CCO)CCC5(CC4)CN(C[C@H]4CCCN(c6cc(F)c(C7CCC(=O)NC7=O)c(F)c6)C4)C5)cc3OC)nc2N1C(C)C. The number of hydrogen-bond acceptors (Lipinski definition) is 12. The van der Waals surface area contributed by atoms with Crippen LogP contribution in [-0.4, -0.2) is 115 Å². The number of fused-ring (bicyclic) bond motifs is 1. The molecule has 3 saturated heterocycles. The number of imide groups is 1. The minimum Gasteiger partial charge on any atom is -0.495 e. The van der Waals surface area contributed by atoms with Crippen molar-refractivity contribution in [2.75, 3.05) is 73.5 Å². The van der Waals surface area contributed by atoms with Gasteiger partial charge in [0.2, 0.25) is 23.7 Å². The number of piperidine rings is 2. The van der Waals surface area contributed by atoms with Crippen molar-refractivity contribution in [2.24, 2.45) is 11.3 Å². The quantitative estimate of drug-likeness (QED) is 0.156. The number of likely N-dealkylation sites (N-methyl/N-ethyl adjacent to an activating group) is 1. The van der Waals surface area contributed by atoms with Crippen LogP contribution in [0, 0.1) is 23.0 Å². The summed E-state index contributed by atoms with van der Waals surface area (Å²) in [5.74, 6) is -2.13. The van der Waals surface area contributed by atoms with Crippen molar-refractivity contribution >= 4 is 52.5 Å². The van der Waals surface area contributed by atoms with E-state index in [1.165, 1.54) is 19.2 Å². The number of likely N-dealkylation sites (tertiary alicyclic amines) is 1. The van der Waals surface area contributed by atoms with E-state index in [1.807, 2.05) is 30.6 Å². The Morgan fingerprint density at radius 3 is 2.45 bits per heavy atom. The van der Waals surface area contributed by atoms with Crippen LogP contribution in [0.15, 0.2) is 36.5 Å². The number of halogens is 2. The minimum absolute atomic E-state index is 0.00324. The average molecular weight is 886 g/mol. The number of methoxy groups -OCH3 is 1. The minimum atomic E-state index is -1.03. The van der Waals surface area contributed by atoms with Gasteiger partial charge in [-0.1, -0.05) is 6.92 Å². The second kappa shape index (κ2) is 18.2. The Bertz CT molecular complexity index is 2260. The zero-order valence-electron chi connectivity index (χ0n) is 37.5. The molecule has 2 aromatic carbocycles. The van der Waals surface area contributed by atoms with E-state index >= 15 is 8.78 Å². The fraction of sp³-hybridized carbons (Fsp3) is 0.574. The van der Waals surface area contributed by atoms with Gasteiger partial charge in [-0.3, -0.25) is 24.5 Å². The van der Waals surface area contributed by atoms with Gasteiger partial charge in [0.15, 0.2) is 5.82 Å². The molecule has 1 saturated carbocycles. The highest BCUT2D eigenvalue weighted by molar-refractivity contribution is 6.04. The number of carbonyl (C=O) groups excluding carboxylic acids is 4. The van der Waals surface area contributed by atoms with Crippen LogP contribution in [0.4, 0.5) is 37.6 Å². The molecule has 1 spiro atoms. The number of hydrogen-bond donors (Lipinski definition) is 4. The second-order valence-electron chi connectivity index (χ2n) is 18.9. The lowest BCUT2D eigenvalue weighted by atomic mass is 9.62. The molecule has 3 atom stereocenters. The highest BCUT2D eigenvalue weighted by Crippen LogP contribution is 2.48. The lowest BCUT2D eigenvalue weighted by molar-refractivity contribution is -0.134. The first-order valence-electron chi connectivity index (χ1n) is 22.8. The maximum absolute atomic E-state index is 15.4. The molecule has 1 unspecified atom stereocenters. The Balaban J connectivity index is 0.859. The van der Waals surface area contributed by atoms with Crippen molar-refractivity contribution in [1.29, 1.82) is 0 Å². The molecule has 344 valence electrons. The van der Waals surface area contributed by atoms with E-state index in [4.69, 9.17) is 9.72 Å². The molecule has 1 aliphatic carbocycles. The van der Waals surface area contributed by atoms with Crippen molar-refractivity contribution < 1.29 is 37.8 Å². The zero-order chi connectivity index (χ0) is 45.5. The van der Waals surface area contributed by atoms with Crippen LogP contribution in [0.3, 0.4) is 0 Å². The summed E-state index contributed by atoms with van der Waals surface area (Å²) in [5, 5.41) is 18.9. The van der Waals surface area contributed by atoms with Crippen molar-refractivity contribution in [3.05, 3.63) is 59.3 Å². The Kier molecular flexibility index (Phi) is 12.9. The Morgan fingerprint density at radius 2 is 1.80 bits per heavy atom.